The van der Waals surface area contributed by atoms with Crippen molar-refractivity contribution in [1.29, 1.82) is 0 Å². The second kappa shape index (κ2) is 4.28. The Bertz CT molecular complexity index is 389. The smallest absolute Gasteiger partial charge is 0.274 e. The number of hydrogen-bond acceptors (Lipinski definition) is 3. The van der Waals surface area contributed by atoms with Crippen LogP contribution in [0.25, 0.3) is 0 Å². The summed E-state index contributed by atoms with van der Waals surface area (Å²) in [6, 6.07) is 5.29. The zero-order valence-electron chi connectivity index (χ0n) is 8.07. The van der Waals surface area contributed by atoms with E-state index in [0.29, 0.717) is 0 Å². The minimum atomic E-state index is -0.307. The zero-order valence-corrected chi connectivity index (χ0v) is 9.66. The molecule has 0 bridgehead atoms. The van der Waals surface area contributed by atoms with Gasteiger partial charge in [-0.1, -0.05) is 22.0 Å². The minimum Gasteiger partial charge on any atom is -0.316 e. The molecule has 4 nitrogen and oxygen atoms in total. The molecule has 0 saturated carbocycles. The van der Waals surface area contributed by atoms with Crippen LogP contribution in [-0.4, -0.2) is 18.0 Å². The SMILES string of the molecule is O=[N+]([O-])c1cc(Br)ccc1C1CCNC1. The minimum absolute atomic E-state index is 0.220. The summed E-state index contributed by atoms with van der Waals surface area (Å²) in [5.41, 5.74) is 1.06. The molecule has 80 valence electrons. The van der Waals surface area contributed by atoms with Gasteiger partial charge in [-0.3, -0.25) is 10.1 Å². The van der Waals surface area contributed by atoms with Crippen molar-refractivity contribution in [3.63, 3.8) is 0 Å². The maximum atomic E-state index is 10.9. The standard InChI is InChI=1S/C10H11BrN2O2/c11-8-1-2-9(7-3-4-12-6-7)10(5-8)13(14)15/h1-2,5,7,12H,3-4,6H2. The Balaban J connectivity index is 2.40. The molecule has 0 spiro atoms. The Morgan fingerprint density at radius 2 is 2.33 bits per heavy atom. The summed E-state index contributed by atoms with van der Waals surface area (Å²) in [7, 11) is 0. The van der Waals surface area contributed by atoms with E-state index >= 15 is 0 Å². The monoisotopic (exact) mass is 270 g/mol. The largest absolute Gasteiger partial charge is 0.316 e. The van der Waals surface area contributed by atoms with Crippen LogP contribution in [0.15, 0.2) is 22.7 Å². The van der Waals surface area contributed by atoms with E-state index < -0.39 is 0 Å². The fourth-order valence-electron chi connectivity index (χ4n) is 1.94. The fraction of sp³-hybridized carbons (Fsp3) is 0.400. The van der Waals surface area contributed by atoms with E-state index in [2.05, 4.69) is 21.2 Å². The number of nitro benzene ring substituents is 1. The third-order valence-electron chi connectivity index (χ3n) is 2.69. The van der Waals surface area contributed by atoms with Crippen LogP contribution in [0.5, 0.6) is 0 Å². The Kier molecular flexibility index (Phi) is 3.02. The van der Waals surface area contributed by atoms with Gasteiger partial charge in [-0.15, -0.1) is 0 Å². The Morgan fingerprint density at radius 3 is 2.93 bits per heavy atom. The highest BCUT2D eigenvalue weighted by atomic mass is 79.9. The number of nitrogens with zero attached hydrogens (tertiary/aromatic N) is 1. The van der Waals surface area contributed by atoms with E-state index in [9.17, 15) is 10.1 Å². The molecule has 1 unspecified atom stereocenters. The summed E-state index contributed by atoms with van der Waals surface area (Å²) >= 11 is 3.25. The maximum absolute atomic E-state index is 10.9. The Labute approximate surface area is 96.0 Å². The van der Waals surface area contributed by atoms with Gasteiger partial charge in [0.05, 0.1) is 4.92 Å². The van der Waals surface area contributed by atoms with Crippen LogP contribution in [0.3, 0.4) is 0 Å². The third kappa shape index (κ3) is 2.18. The molecule has 1 heterocycles. The summed E-state index contributed by atoms with van der Waals surface area (Å²) in [5.74, 6) is 0.276. The van der Waals surface area contributed by atoms with Gasteiger partial charge in [0.25, 0.3) is 5.69 Å². The molecule has 0 aromatic heterocycles. The van der Waals surface area contributed by atoms with E-state index in [4.69, 9.17) is 0 Å². The molecular weight excluding hydrogens is 260 g/mol. The first-order valence-corrected chi connectivity index (χ1v) is 5.62. The highest BCUT2D eigenvalue weighted by Crippen LogP contribution is 2.32. The molecule has 2 rings (SSSR count). The lowest BCUT2D eigenvalue weighted by atomic mass is 9.97. The first-order chi connectivity index (χ1) is 7.18. The molecule has 0 radical (unpaired) electrons. The molecule has 1 saturated heterocycles. The summed E-state index contributed by atoms with van der Waals surface area (Å²) in [6.07, 6.45) is 0.975. The first kappa shape index (κ1) is 10.6. The molecule has 0 aliphatic carbocycles. The van der Waals surface area contributed by atoms with Crippen LogP contribution in [0, 0.1) is 10.1 Å². The van der Waals surface area contributed by atoms with E-state index in [1.54, 1.807) is 6.07 Å². The first-order valence-electron chi connectivity index (χ1n) is 4.83. The van der Waals surface area contributed by atoms with E-state index in [1.807, 2.05) is 12.1 Å². The number of nitrogens with one attached hydrogen (secondary N) is 1. The number of halogens is 1. The summed E-state index contributed by atoms with van der Waals surface area (Å²) < 4.78 is 0.754. The van der Waals surface area contributed by atoms with Crippen LogP contribution < -0.4 is 5.32 Å². The predicted octanol–water partition coefficient (Wildman–Crippen LogP) is 2.43. The van der Waals surface area contributed by atoms with Gasteiger partial charge in [0, 0.05) is 28.6 Å². The van der Waals surface area contributed by atoms with Crippen molar-refractivity contribution >= 4 is 21.6 Å². The van der Waals surface area contributed by atoms with Gasteiger partial charge in [0.2, 0.25) is 0 Å². The molecule has 15 heavy (non-hydrogen) atoms. The number of hydrogen-bond donors (Lipinski definition) is 1. The Morgan fingerprint density at radius 1 is 1.53 bits per heavy atom. The molecular formula is C10H11BrN2O2. The topological polar surface area (TPSA) is 55.2 Å². The second-order valence-electron chi connectivity index (χ2n) is 3.65. The normalized spacial score (nSPS) is 20.5. The molecule has 1 aromatic rings. The van der Waals surface area contributed by atoms with E-state index in [1.165, 1.54) is 0 Å². The van der Waals surface area contributed by atoms with Gasteiger partial charge in [0.15, 0.2) is 0 Å². The molecule has 1 atom stereocenters. The van der Waals surface area contributed by atoms with Crippen LogP contribution in [0.1, 0.15) is 17.9 Å². The number of nitro groups is 1. The van der Waals surface area contributed by atoms with Crippen molar-refractivity contribution < 1.29 is 4.92 Å². The van der Waals surface area contributed by atoms with Crippen molar-refractivity contribution in [3.8, 4) is 0 Å². The Hall–Kier alpha value is -0.940. The fourth-order valence-corrected chi connectivity index (χ4v) is 2.29. The van der Waals surface area contributed by atoms with E-state index in [0.717, 1.165) is 29.5 Å². The van der Waals surface area contributed by atoms with Gasteiger partial charge >= 0.3 is 0 Å². The highest BCUT2D eigenvalue weighted by Gasteiger charge is 2.24. The quantitative estimate of drug-likeness (QED) is 0.664. The maximum Gasteiger partial charge on any atom is 0.274 e. The molecule has 1 aliphatic heterocycles. The van der Waals surface area contributed by atoms with Crippen LogP contribution in [0.2, 0.25) is 0 Å². The molecule has 1 aliphatic rings. The summed E-state index contributed by atoms with van der Waals surface area (Å²) in [4.78, 5) is 10.6. The lowest BCUT2D eigenvalue weighted by Gasteiger charge is -2.09. The van der Waals surface area contributed by atoms with Crippen molar-refractivity contribution in [2.24, 2.45) is 0 Å². The molecule has 1 N–H and O–H groups in total. The molecule has 5 heteroatoms. The van der Waals surface area contributed by atoms with Gasteiger partial charge in [-0.05, 0) is 19.0 Å². The molecule has 0 amide bonds. The van der Waals surface area contributed by atoms with Crippen molar-refractivity contribution in [3.05, 3.63) is 38.3 Å². The average Bonchev–Trinajstić information content (AvgIpc) is 2.70. The predicted molar refractivity (Wildman–Crippen MR) is 61.0 cm³/mol. The van der Waals surface area contributed by atoms with Gasteiger partial charge < -0.3 is 5.32 Å². The zero-order chi connectivity index (χ0) is 10.8. The van der Waals surface area contributed by atoms with Crippen LogP contribution in [-0.2, 0) is 0 Å². The van der Waals surface area contributed by atoms with Crippen molar-refractivity contribution in [1.82, 2.24) is 5.32 Å². The highest BCUT2D eigenvalue weighted by molar-refractivity contribution is 9.10. The summed E-state index contributed by atoms with van der Waals surface area (Å²) in [6.45, 7) is 1.78. The van der Waals surface area contributed by atoms with Crippen molar-refractivity contribution in [2.45, 2.75) is 12.3 Å². The van der Waals surface area contributed by atoms with E-state index in [-0.39, 0.29) is 16.5 Å². The van der Waals surface area contributed by atoms with Gasteiger partial charge in [-0.25, -0.2) is 0 Å². The van der Waals surface area contributed by atoms with Crippen LogP contribution in [0.4, 0.5) is 5.69 Å². The summed E-state index contributed by atoms with van der Waals surface area (Å²) in [5, 5.41) is 14.1. The van der Waals surface area contributed by atoms with Gasteiger partial charge in [0.1, 0.15) is 0 Å². The number of rotatable bonds is 2. The second-order valence-corrected chi connectivity index (χ2v) is 4.57. The molecule has 1 fully saturated rings. The van der Waals surface area contributed by atoms with Crippen LogP contribution >= 0.6 is 15.9 Å². The van der Waals surface area contributed by atoms with Crippen molar-refractivity contribution in [2.75, 3.05) is 13.1 Å². The third-order valence-corrected chi connectivity index (χ3v) is 3.18. The lowest BCUT2D eigenvalue weighted by Crippen LogP contribution is -2.09. The lowest BCUT2D eigenvalue weighted by molar-refractivity contribution is -0.385. The molecule has 1 aromatic carbocycles. The van der Waals surface area contributed by atoms with Gasteiger partial charge in [-0.2, -0.15) is 0 Å². The average molecular weight is 271 g/mol. The number of benzene rings is 1.